The van der Waals surface area contributed by atoms with Crippen molar-refractivity contribution in [2.45, 2.75) is 32.4 Å². The van der Waals surface area contributed by atoms with Crippen LogP contribution in [0.1, 0.15) is 10.4 Å². The molecule has 0 aliphatic heterocycles. The summed E-state index contributed by atoms with van der Waals surface area (Å²) in [5.41, 5.74) is 0.484. The van der Waals surface area contributed by atoms with Gasteiger partial charge in [-0.3, -0.25) is 9.63 Å². The number of carbonyl (C=O) groups is 1. The molecule has 19 heavy (non-hydrogen) atoms. The van der Waals surface area contributed by atoms with Crippen molar-refractivity contribution in [1.29, 1.82) is 0 Å². The molecule has 1 rings (SSSR count). The van der Waals surface area contributed by atoms with E-state index in [2.05, 4.69) is 24.7 Å². The first-order valence-electron chi connectivity index (χ1n) is 6.26. The normalized spacial score (nSPS) is 11.6. The average molecular weight is 285 g/mol. The van der Waals surface area contributed by atoms with Gasteiger partial charge in [0.1, 0.15) is 6.73 Å². The second kappa shape index (κ2) is 6.83. The molecule has 0 aliphatic carbocycles. The second-order valence-electron chi connectivity index (χ2n) is 5.60. The van der Waals surface area contributed by atoms with Crippen molar-refractivity contribution >= 4 is 14.0 Å². The summed E-state index contributed by atoms with van der Waals surface area (Å²) in [5, 5.41) is 5.25. The maximum Gasteiger partial charge on any atom is 0.280 e. The Labute approximate surface area is 115 Å². The first kappa shape index (κ1) is 15.9. The largest absolute Gasteiger partial charge is 0.362 e. The number of amides is 1. The summed E-state index contributed by atoms with van der Waals surface area (Å²) in [6.07, 6.45) is 3.17. The van der Waals surface area contributed by atoms with E-state index in [1.807, 2.05) is 0 Å². The molecule has 0 aromatic carbocycles. The third kappa shape index (κ3) is 5.54. The minimum atomic E-state index is -1.06. The lowest BCUT2D eigenvalue weighted by molar-refractivity contribution is -0.0757. The monoisotopic (exact) mass is 285 g/mol. The third-order valence-corrected chi connectivity index (χ3v) is 4.36. The van der Waals surface area contributed by atoms with Gasteiger partial charge in [0.05, 0.1) is 18.9 Å². The van der Waals surface area contributed by atoms with Gasteiger partial charge in [-0.2, -0.15) is 24.7 Å². The lowest BCUT2D eigenvalue weighted by Gasteiger charge is -2.26. The van der Waals surface area contributed by atoms with E-state index >= 15 is 0 Å². The molecule has 0 aliphatic rings. The highest BCUT2D eigenvalue weighted by atomic mass is 28.3. The van der Waals surface area contributed by atoms with Gasteiger partial charge in [0.15, 0.2) is 0 Å². The molecule has 1 aromatic heterocycles. The van der Waals surface area contributed by atoms with E-state index in [0.29, 0.717) is 12.3 Å². The van der Waals surface area contributed by atoms with Crippen LogP contribution in [-0.4, -0.2) is 49.6 Å². The smallest absolute Gasteiger partial charge is 0.280 e. The maximum atomic E-state index is 11.8. The molecule has 0 N–H and O–H groups in total. The van der Waals surface area contributed by atoms with Crippen LogP contribution in [0.5, 0.6) is 0 Å². The number of rotatable bonds is 7. The molecule has 1 heterocycles. The molecule has 109 valence electrons. The fourth-order valence-electron chi connectivity index (χ4n) is 1.35. The van der Waals surface area contributed by atoms with E-state index in [1.54, 1.807) is 17.9 Å². The number of nitrogens with zero attached hydrogens (tertiary/aromatic N) is 3. The summed E-state index contributed by atoms with van der Waals surface area (Å²) in [6, 6.07) is 1.12. The number of hydrogen-bond acceptors (Lipinski definition) is 4. The van der Waals surface area contributed by atoms with Gasteiger partial charge in [-0.15, -0.1) is 14.1 Å². The summed E-state index contributed by atoms with van der Waals surface area (Å²) >= 11 is 0. The SMILES string of the molecule is CON(C)C(=O)c1cnn(COCC[Si-](C)(C)C)c1. The molecular weight excluding hydrogens is 262 g/mol. The predicted octanol–water partition coefficient (Wildman–Crippen LogP) is 1.83. The Hall–Kier alpha value is -1.18. The van der Waals surface area contributed by atoms with Crippen molar-refractivity contribution in [1.82, 2.24) is 14.8 Å². The zero-order valence-electron chi connectivity index (χ0n) is 12.3. The number of carbonyl (C=O) groups excluding carboxylic acids is 1. The lowest BCUT2D eigenvalue weighted by atomic mass is 10.3. The third-order valence-electron chi connectivity index (χ3n) is 2.66. The first-order valence-corrected chi connectivity index (χ1v) is 9.96. The standard InChI is InChI=1S/C12H23N3O3Si/c1-14(17-2)12(16)11-8-13-15(9-11)10-18-6-7-19(3,4)5/h8-9H,6-7,10H2,1-5H3/q-1. The zero-order valence-corrected chi connectivity index (χ0v) is 13.3. The van der Waals surface area contributed by atoms with Crippen molar-refractivity contribution in [3.05, 3.63) is 18.0 Å². The number of ether oxygens (including phenoxy) is 1. The molecule has 0 radical (unpaired) electrons. The van der Waals surface area contributed by atoms with Crippen LogP contribution in [0.2, 0.25) is 25.7 Å². The summed E-state index contributed by atoms with van der Waals surface area (Å²) in [6.45, 7) is 8.02. The van der Waals surface area contributed by atoms with Crippen molar-refractivity contribution in [3.8, 4) is 0 Å². The van der Waals surface area contributed by atoms with Gasteiger partial charge >= 0.3 is 0 Å². The predicted molar refractivity (Wildman–Crippen MR) is 75.4 cm³/mol. The topological polar surface area (TPSA) is 56.6 Å². The zero-order chi connectivity index (χ0) is 14.5. The van der Waals surface area contributed by atoms with E-state index in [0.717, 1.165) is 17.7 Å². The average Bonchev–Trinajstić information content (AvgIpc) is 2.80. The highest BCUT2D eigenvalue weighted by molar-refractivity contribution is 6.76. The Morgan fingerprint density at radius 1 is 1.47 bits per heavy atom. The molecule has 0 saturated heterocycles. The minimum absolute atomic E-state index is 0.226. The molecule has 0 saturated carbocycles. The van der Waals surface area contributed by atoms with Gasteiger partial charge in [0, 0.05) is 19.9 Å². The lowest BCUT2D eigenvalue weighted by Crippen LogP contribution is -2.25. The highest BCUT2D eigenvalue weighted by Gasteiger charge is 2.13. The van der Waals surface area contributed by atoms with Crippen LogP contribution in [0.3, 0.4) is 0 Å². The molecule has 0 bridgehead atoms. The summed E-state index contributed by atoms with van der Waals surface area (Å²) in [4.78, 5) is 16.6. The van der Waals surface area contributed by atoms with Crippen molar-refractivity contribution in [3.63, 3.8) is 0 Å². The van der Waals surface area contributed by atoms with Crippen LogP contribution < -0.4 is 0 Å². The maximum absolute atomic E-state index is 11.8. The van der Waals surface area contributed by atoms with Crippen LogP contribution in [0.25, 0.3) is 0 Å². The summed E-state index contributed by atoms with van der Waals surface area (Å²) < 4.78 is 7.17. The molecular formula is C12H23N3O3Si-. The number of aromatic nitrogens is 2. The van der Waals surface area contributed by atoms with E-state index in [4.69, 9.17) is 9.57 Å². The molecule has 0 fully saturated rings. The Morgan fingerprint density at radius 3 is 2.74 bits per heavy atom. The summed E-state index contributed by atoms with van der Waals surface area (Å²) in [5.74, 6) is -0.226. The summed E-state index contributed by atoms with van der Waals surface area (Å²) in [7, 11) is 1.95. The van der Waals surface area contributed by atoms with E-state index in [9.17, 15) is 4.79 Å². The van der Waals surface area contributed by atoms with Crippen LogP contribution in [0.4, 0.5) is 0 Å². The number of hydrogen-bond donors (Lipinski definition) is 0. The fraction of sp³-hybridized carbons (Fsp3) is 0.667. The van der Waals surface area contributed by atoms with Crippen molar-refractivity contribution < 1.29 is 14.4 Å². The highest BCUT2D eigenvalue weighted by Crippen LogP contribution is 2.08. The quantitative estimate of drug-likeness (QED) is 0.436. The Bertz CT molecular complexity index is 415. The second-order valence-corrected chi connectivity index (χ2v) is 11.2. The van der Waals surface area contributed by atoms with Gasteiger partial charge in [0.2, 0.25) is 0 Å². The van der Waals surface area contributed by atoms with Gasteiger partial charge < -0.3 is 4.74 Å². The first-order chi connectivity index (χ1) is 8.83. The van der Waals surface area contributed by atoms with Gasteiger partial charge in [-0.1, -0.05) is 0 Å². The molecule has 1 aromatic rings. The molecule has 0 atom stereocenters. The van der Waals surface area contributed by atoms with Crippen molar-refractivity contribution in [2.75, 3.05) is 20.8 Å². The van der Waals surface area contributed by atoms with E-state index in [1.165, 1.54) is 13.3 Å². The molecule has 7 heteroatoms. The molecule has 0 spiro atoms. The number of hydroxylamine groups is 2. The van der Waals surface area contributed by atoms with Gasteiger partial charge in [-0.05, 0) is 0 Å². The van der Waals surface area contributed by atoms with Crippen molar-refractivity contribution in [2.24, 2.45) is 0 Å². The van der Waals surface area contributed by atoms with Gasteiger partial charge in [0.25, 0.3) is 5.91 Å². The minimum Gasteiger partial charge on any atom is -0.362 e. The van der Waals surface area contributed by atoms with Crippen LogP contribution >= 0.6 is 0 Å². The van der Waals surface area contributed by atoms with Gasteiger partial charge in [-0.25, -0.2) is 9.75 Å². The molecule has 0 unspecified atom stereocenters. The Kier molecular flexibility index (Phi) is 5.71. The fourth-order valence-corrected chi connectivity index (χ4v) is 2.10. The van der Waals surface area contributed by atoms with E-state index < -0.39 is 8.07 Å². The Balaban J connectivity index is 2.41. The molecule has 6 nitrogen and oxygen atoms in total. The van der Waals surface area contributed by atoms with Crippen LogP contribution in [0.15, 0.2) is 12.4 Å². The van der Waals surface area contributed by atoms with Crippen LogP contribution in [0, 0.1) is 0 Å². The Morgan fingerprint density at radius 2 is 2.16 bits per heavy atom. The van der Waals surface area contributed by atoms with Crippen LogP contribution in [-0.2, 0) is 16.3 Å². The van der Waals surface area contributed by atoms with E-state index in [-0.39, 0.29) is 5.91 Å². The molecule has 1 amide bonds.